The summed E-state index contributed by atoms with van der Waals surface area (Å²) in [5.41, 5.74) is 3.36. The molecule has 0 saturated carbocycles. The van der Waals surface area contributed by atoms with Crippen molar-refractivity contribution in [1.82, 2.24) is 0 Å². The monoisotopic (exact) mass is 276 g/mol. The van der Waals surface area contributed by atoms with Crippen molar-refractivity contribution in [3.63, 3.8) is 0 Å². The summed E-state index contributed by atoms with van der Waals surface area (Å²) in [4.78, 5) is 0. The fourth-order valence-corrected chi connectivity index (χ4v) is 2.00. The fraction of sp³-hybridized carbons (Fsp3) is 0.250. The van der Waals surface area contributed by atoms with Gasteiger partial charge in [-0.15, -0.1) is 11.6 Å². The van der Waals surface area contributed by atoms with Gasteiger partial charge in [-0.1, -0.05) is 35.9 Å². The first-order chi connectivity index (χ1) is 9.22. The highest BCUT2D eigenvalue weighted by Crippen LogP contribution is 2.26. The topological polar surface area (TPSA) is 18.5 Å². The Balaban J connectivity index is 2.05. The molecular weight excluding hydrogens is 260 g/mol. The molecule has 0 spiro atoms. The van der Waals surface area contributed by atoms with Crippen LogP contribution >= 0.6 is 11.6 Å². The van der Waals surface area contributed by atoms with Crippen LogP contribution in [0.15, 0.2) is 42.5 Å². The molecular formula is C16H17ClO2. The third-order valence-electron chi connectivity index (χ3n) is 2.93. The second-order valence-corrected chi connectivity index (χ2v) is 4.65. The molecule has 0 aromatic heterocycles. The molecule has 0 bridgehead atoms. The Hall–Kier alpha value is -1.67. The van der Waals surface area contributed by atoms with Gasteiger partial charge < -0.3 is 9.47 Å². The lowest BCUT2D eigenvalue weighted by molar-refractivity contribution is 0.303. The Morgan fingerprint density at radius 3 is 2.42 bits per heavy atom. The maximum absolute atomic E-state index is 5.83. The van der Waals surface area contributed by atoms with Crippen molar-refractivity contribution in [2.45, 2.75) is 19.4 Å². The maximum atomic E-state index is 5.83. The smallest absolute Gasteiger partial charge is 0.126 e. The first kappa shape index (κ1) is 13.8. The van der Waals surface area contributed by atoms with Gasteiger partial charge in [0.05, 0.1) is 13.0 Å². The zero-order chi connectivity index (χ0) is 13.7. The summed E-state index contributed by atoms with van der Waals surface area (Å²) in [5, 5.41) is 0. The van der Waals surface area contributed by atoms with Gasteiger partial charge in [0, 0.05) is 11.6 Å². The van der Waals surface area contributed by atoms with Crippen molar-refractivity contribution in [3.05, 3.63) is 59.2 Å². The molecule has 0 aliphatic rings. The highest BCUT2D eigenvalue weighted by Gasteiger charge is 2.04. The van der Waals surface area contributed by atoms with E-state index in [0.29, 0.717) is 12.5 Å². The van der Waals surface area contributed by atoms with E-state index < -0.39 is 0 Å². The van der Waals surface area contributed by atoms with Crippen LogP contribution in [0.4, 0.5) is 0 Å². The summed E-state index contributed by atoms with van der Waals surface area (Å²) >= 11 is 5.83. The van der Waals surface area contributed by atoms with E-state index in [9.17, 15) is 0 Å². The molecule has 0 unspecified atom stereocenters. The predicted molar refractivity (Wildman–Crippen MR) is 78.1 cm³/mol. The predicted octanol–water partition coefficient (Wildman–Crippen LogP) is 4.32. The number of hydrogen-bond acceptors (Lipinski definition) is 2. The van der Waals surface area contributed by atoms with Gasteiger partial charge in [-0.3, -0.25) is 0 Å². The first-order valence-electron chi connectivity index (χ1n) is 6.14. The first-order valence-corrected chi connectivity index (χ1v) is 6.67. The zero-order valence-corrected chi connectivity index (χ0v) is 11.9. The molecule has 0 radical (unpaired) electrons. The van der Waals surface area contributed by atoms with Gasteiger partial charge in [0.1, 0.15) is 18.1 Å². The number of methoxy groups -OCH3 is 1. The Kier molecular flexibility index (Phi) is 4.69. The van der Waals surface area contributed by atoms with Crippen molar-refractivity contribution < 1.29 is 9.47 Å². The van der Waals surface area contributed by atoms with Crippen molar-refractivity contribution in [2.75, 3.05) is 7.11 Å². The molecule has 0 atom stereocenters. The molecule has 0 amide bonds. The van der Waals surface area contributed by atoms with Crippen LogP contribution in [0.5, 0.6) is 11.5 Å². The fourth-order valence-electron chi connectivity index (χ4n) is 1.78. The summed E-state index contributed by atoms with van der Waals surface area (Å²) < 4.78 is 11.0. The van der Waals surface area contributed by atoms with E-state index in [1.807, 2.05) is 18.2 Å². The Bertz CT molecular complexity index is 535. The number of hydrogen-bond donors (Lipinski definition) is 0. The lowest BCUT2D eigenvalue weighted by Crippen LogP contribution is -1.97. The minimum absolute atomic E-state index is 0.432. The normalized spacial score (nSPS) is 10.3. The average Bonchev–Trinajstić information content (AvgIpc) is 2.46. The van der Waals surface area contributed by atoms with Crippen LogP contribution in [0, 0.1) is 6.92 Å². The Morgan fingerprint density at radius 1 is 1.05 bits per heavy atom. The van der Waals surface area contributed by atoms with Gasteiger partial charge in [-0.05, 0) is 18.6 Å². The average molecular weight is 277 g/mol. The highest BCUT2D eigenvalue weighted by atomic mass is 35.5. The summed E-state index contributed by atoms with van der Waals surface area (Å²) in [6.07, 6.45) is 0. The molecule has 2 nitrogen and oxygen atoms in total. The zero-order valence-electron chi connectivity index (χ0n) is 11.2. The molecule has 2 aromatic carbocycles. The minimum Gasteiger partial charge on any atom is -0.496 e. The maximum Gasteiger partial charge on any atom is 0.126 e. The molecule has 0 fully saturated rings. The molecule has 2 rings (SSSR count). The number of alkyl halides is 1. The second kappa shape index (κ2) is 6.48. The summed E-state index contributed by atoms with van der Waals surface area (Å²) in [6, 6.07) is 14.0. The number of benzene rings is 2. The van der Waals surface area contributed by atoms with Crippen LogP contribution in [0.1, 0.15) is 16.7 Å². The summed E-state index contributed by atoms with van der Waals surface area (Å²) in [6.45, 7) is 2.62. The van der Waals surface area contributed by atoms with E-state index in [1.165, 1.54) is 5.56 Å². The van der Waals surface area contributed by atoms with E-state index in [1.54, 1.807) is 7.11 Å². The van der Waals surface area contributed by atoms with Gasteiger partial charge in [-0.25, -0.2) is 0 Å². The quantitative estimate of drug-likeness (QED) is 0.757. The van der Waals surface area contributed by atoms with Crippen LogP contribution in [0.25, 0.3) is 0 Å². The number of rotatable bonds is 5. The minimum atomic E-state index is 0.432. The van der Waals surface area contributed by atoms with E-state index in [2.05, 4.69) is 31.2 Å². The van der Waals surface area contributed by atoms with Gasteiger partial charge in [0.25, 0.3) is 0 Å². The standard InChI is InChI=1S/C16H17ClO2/c1-12-3-5-13(6-4-12)11-19-15-8-7-14(10-17)16(9-15)18-2/h3-9H,10-11H2,1-2H3. The Labute approximate surface area is 118 Å². The van der Waals surface area contributed by atoms with Crippen molar-refractivity contribution in [1.29, 1.82) is 0 Å². The number of aryl methyl sites for hydroxylation is 1. The molecule has 0 N–H and O–H groups in total. The third-order valence-corrected chi connectivity index (χ3v) is 3.22. The second-order valence-electron chi connectivity index (χ2n) is 4.38. The summed E-state index contributed by atoms with van der Waals surface area (Å²) in [5.74, 6) is 1.98. The highest BCUT2D eigenvalue weighted by molar-refractivity contribution is 6.17. The van der Waals surface area contributed by atoms with Crippen LogP contribution in [-0.2, 0) is 12.5 Å². The SMILES string of the molecule is COc1cc(OCc2ccc(C)cc2)ccc1CCl. The lowest BCUT2D eigenvalue weighted by atomic mass is 10.2. The molecule has 0 heterocycles. The lowest BCUT2D eigenvalue weighted by Gasteiger charge is -2.10. The molecule has 0 aliphatic carbocycles. The van der Waals surface area contributed by atoms with E-state index in [-0.39, 0.29) is 0 Å². The van der Waals surface area contributed by atoms with Crippen LogP contribution in [-0.4, -0.2) is 7.11 Å². The van der Waals surface area contributed by atoms with E-state index >= 15 is 0 Å². The number of ether oxygens (including phenoxy) is 2. The molecule has 2 aromatic rings. The van der Waals surface area contributed by atoms with Crippen LogP contribution in [0.3, 0.4) is 0 Å². The van der Waals surface area contributed by atoms with Gasteiger partial charge in [-0.2, -0.15) is 0 Å². The van der Waals surface area contributed by atoms with Crippen LogP contribution in [0.2, 0.25) is 0 Å². The largest absolute Gasteiger partial charge is 0.496 e. The molecule has 0 aliphatic heterocycles. The van der Waals surface area contributed by atoms with Crippen LogP contribution < -0.4 is 9.47 Å². The van der Waals surface area contributed by atoms with Gasteiger partial charge >= 0.3 is 0 Å². The van der Waals surface area contributed by atoms with Crippen molar-refractivity contribution in [2.24, 2.45) is 0 Å². The molecule has 0 saturated heterocycles. The van der Waals surface area contributed by atoms with E-state index in [4.69, 9.17) is 21.1 Å². The molecule has 19 heavy (non-hydrogen) atoms. The van der Waals surface area contributed by atoms with Crippen molar-refractivity contribution >= 4 is 11.6 Å². The van der Waals surface area contributed by atoms with E-state index in [0.717, 1.165) is 22.6 Å². The summed E-state index contributed by atoms with van der Waals surface area (Å²) in [7, 11) is 1.63. The third kappa shape index (κ3) is 3.65. The van der Waals surface area contributed by atoms with Gasteiger partial charge in [0.15, 0.2) is 0 Å². The Morgan fingerprint density at radius 2 is 1.79 bits per heavy atom. The molecule has 100 valence electrons. The van der Waals surface area contributed by atoms with Gasteiger partial charge in [0.2, 0.25) is 0 Å². The van der Waals surface area contributed by atoms with Crippen molar-refractivity contribution in [3.8, 4) is 11.5 Å². The molecule has 3 heteroatoms. The number of halogens is 1.